The number of carboxylic acids is 1. The molecule has 6 heteroatoms. The molecule has 1 aromatic rings. The molecule has 2 aliphatic rings. The van der Waals surface area contributed by atoms with Crippen LogP contribution >= 0.6 is 0 Å². The summed E-state index contributed by atoms with van der Waals surface area (Å²) in [6, 6.07) is -0.0763. The quantitative estimate of drug-likeness (QED) is 0.828. The Bertz CT molecular complexity index is 510. The Morgan fingerprint density at radius 1 is 1.44 bits per heavy atom. The molecule has 96 valence electrons. The zero-order valence-corrected chi connectivity index (χ0v) is 10.1. The average Bonchev–Trinajstić information content (AvgIpc) is 3.01. The van der Waals surface area contributed by atoms with Gasteiger partial charge in [0.25, 0.3) is 5.91 Å². The highest BCUT2D eigenvalue weighted by molar-refractivity contribution is 5.93. The minimum absolute atomic E-state index is 0.0746. The van der Waals surface area contributed by atoms with Gasteiger partial charge in [-0.25, -0.2) is 4.98 Å². The van der Waals surface area contributed by atoms with Gasteiger partial charge in [-0.2, -0.15) is 0 Å². The van der Waals surface area contributed by atoms with E-state index in [1.165, 1.54) is 0 Å². The number of amides is 1. The van der Waals surface area contributed by atoms with Gasteiger partial charge in [0, 0.05) is 25.3 Å². The van der Waals surface area contributed by atoms with Crippen molar-refractivity contribution in [3.63, 3.8) is 0 Å². The molecule has 6 nitrogen and oxygen atoms in total. The number of nitrogens with zero attached hydrogens (tertiary/aromatic N) is 3. The van der Waals surface area contributed by atoms with Crippen LogP contribution in [0.25, 0.3) is 0 Å². The summed E-state index contributed by atoms with van der Waals surface area (Å²) in [6.45, 7) is 0. The minimum atomic E-state index is -0.791. The Labute approximate surface area is 104 Å². The monoisotopic (exact) mass is 249 g/mol. The van der Waals surface area contributed by atoms with Crippen LogP contribution in [0.15, 0.2) is 12.5 Å². The molecule has 0 radical (unpaired) electrons. The number of aliphatic carboxylic acids is 1. The van der Waals surface area contributed by atoms with Crippen LogP contribution in [0.3, 0.4) is 0 Å². The third kappa shape index (κ3) is 1.52. The van der Waals surface area contributed by atoms with E-state index in [9.17, 15) is 9.59 Å². The van der Waals surface area contributed by atoms with Crippen molar-refractivity contribution in [2.75, 3.05) is 0 Å². The van der Waals surface area contributed by atoms with Gasteiger partial charge in [0.1, 0.15) is 5.69 Å². The number of rotatable bonds is 2. The number of aryl methyl sites for hydroxylation is 1. The molecule has 0 spiro atoms. The maximum Gasteiger partial charge on any atom is 0.308 e. The molecule has 1 N–H and O–H groups in total. The summed E-state index contributed by atoms with van der Waals surface area (Å²) in [5.41, 5.74) is 0.403. The van der Waals surface area contributed by atoms with Gasteiger partial charge in [-0.05, 0) is 19.3 Å². The fraction of sp³-hybridized carbons (Fsp3) is 0.583. The Hall–Kier alpha value is -1.85. The molecule has 3 unspecified atom stereocenters. The summed E-state index contributed by atoms with van der Waals surface area (Å²) >= 11 is 0. The number of carbonyl (C=O) groups is 2. The second-order valence-corrected chi connectivity index (χ2v) is 5.12. The Morgan fingerprint density at radius 3 is 2.78 bits per heavy atom. The van der Waals surface area contributed by atoms with Crippen LogP contribution in [0.4, 0.5) is 0 Å². The summed E-state index contributed by atoms with van der Waals surface area (Å²) < 4.78 is 1.72. The molecule has 2 fully saturated rings. The third-order valence-corrected chi connectivity index (χ3v) is 4.01. The highest BCUT2D eigenvalue weighted by atomic mass is 16.4. The number of imidazole rings is 1. The highest BCUT2D eigenvalue weighted by Gasteiger charge is 2.51. The SMILES string of the molecule is Cn1cnc(C(=O)N2C3CCC2C(C(=O)O)C3)c1. The van der Waals surface area contributed by atoms with E-state index in [0.29, 0.717) is 12.1 Å². The minimum Gasteiger partial charge on any atom is -0.481 e. The first-order chi connectivity index (χ1) is 8.58. The summed E-state index contributed by atoms with van der Waals surface area (Å²) in [7, 11) is 1.81. The van der Waals surface area contributed by atoms with Crippen molar-refractivity contribution >= 4 is 11.9 Å². The van der Waals surface area contributed by atoms with Crippen LogP contribution in [-0.4, -0.2) is 43.5 Å². The highest BCUT2D eigenvalue weighted by Crippen LogP contribution is 2.42. The lowest BCUT2D eigenvalue weighted by Gasteiger charge is -2.21. The average molecular weight is 249 g/mol. The van der Waals surface area contributed by atoms with E-state index in [0.717, 1.165) is 12.8 Å². The van der Waals surface area contributed by atoms with E-state index in [1.54, 1.807) is 22.0 Å². The van der Waals surface area contributed by atoms with E-state index < -0.39 is 11.9 Å². The fourth-order valence-corrected chi connectivity index (χ4v) is 3.23. The molecule has 3 rings (SSSR count). The van der Waals surface area contributed by atoms with Crippen molar-refractivity contribution < 1.29 is 14.7 Å². The standard InChI is InChI=1S/C12H15N3O3/c1-14-5-9(13-6-14)11(16)15-7-2-3-10(15)8(4-7)12(17)18/h5-8,10H,2-4H2,1H3,(H,17,18). The van der Waals surface area contributed by atoms with Gasteiger partial charge in [0.2, 0.25) is 0 Å². The van der Waals surface area contributed by atoms with Crippen molar-refractivity contribution in [1.82, 2.24) is 14.5 Å². The van der Waals surface area contributed by atoms with Gasteiger partial charge < -0.3 is 14.6 Å². The number of carboxylic acid groups (broad SMARTS) is 1. The Morgan fingerprint density at radius 2 is 2.22 bits per heavy atom. The topological polar surface area (TPSA) is 75.4 Å². The molecule has 0 aliphatic carbocycles. The van der Waals surface area contributed by atoms with Crippen molar-refractivity contribution in [3.8, 4) is 0 Å². The molecule has 2 saturated heterocycles. The summed E-state index contributed by atoms with van der Waals surface area (Å²) in [5, 5.41) is 9.15. The molecule has 1 amide bonds. The van der Waals surface area contributed by atoms with Crippen molar-refractivity contribution in [3.05, 3.63) is 18.2 Å². The second kappa shape index (κ2) is 3.83. The summed E-state index contributed by atoms with van der Waals surface area (Å²) in [6.07, 6.45) is 5.54. The van der Waals surface area contributed by atoms with Gasteiger partial charge in [0.05, 0.1) is 12.2 Å². The van der Waals surface area contributed by atoms with Crippen LogP contribution < -0.4 is 0 Å². The van der Waals surface area contributed by atoms with Gasteiger partial charge in [0.15, 0.2) is 0 Å². The van der Waals surface area contributed by atoms with Crippen LogP contribution in [0.1, 0.15) is 29.8 Å². The van der Waals surface area contributed by atoms with Gasteiger partial charge >= 0.3 is 5.97 Å². The predicted octanol–water partition coefficient (Wildman–Crippen LogP) is 0.498. The molecule has 2 bridgehead atoms. The zero-order valence-electron chi connectivity index (χ0n) is 10.1. The van der Waals surface area contributed by atoms with Crippen LogP contribution in [-0.2, 0) is 11.8 Å². The Kier molecular flexibility index (Phi) is 2.39. The summed E-state index contributed by atoms with van der Waals surface area (Å²) in [5.74, 6) is -1.33. The molecular formula is C12H15N3O3. The van der Waals surface area contributed by atoms with E-state index in [-0.39, 0.29) is 18.0 Å². The normalized spacial score (nSPS) is 29.8. The van der Waals surface area contributed by atoms with Crippen molar-refractivity contribution in [2.45, 2.75) is 31.3 Å². The van der Waals surface area contributed by atoms with Gasteiger partial charge in [-0.15, -0.1) is 0 Å². The third-order valence-electron chi connectivity index (χ3n) is 4.01. The maximum atomic E-state index is 12.3. The predicted molar refractivity (Wildman–Crippen MR) is 61.9 cm³/mol. The molecule has 3 heterocycles. The first kappa shape index (κ1) is 11.3. The lowest BCUT2D eigenvalue weighted by Crippen LogP contribution is -2.38. The molecule has 1 aromatic heterocycles. The first-order valence-corrected chi connectivity index (χ1v) is 6.11. The molecular weight excluding hydrogens is 234 g/mol. The number of fused-ring (bicyclic) bond motifs is 2. The smallest absolute Gasteiger partial charge is 0.308 e. The largest absolute Gasteiger partial charge is 0.481 e. The van der Waals surface area contributed by atoms with E-state index in [4.69, 9.17) is 5.11 Å². The van der Waals surface area contributed by atoms with Crippen molar-refractivity contribution in [1.29, 1.82) is 0 Å². The Balaban J connectivity index is 1.85. The van der Waals surface area contributed by atoms with Gasteiger partial charge in [-0.1, -0.05) is 0 Å². The molecule has 18 heavy (non-hydrogen) atoms. The lowest BCUT2D eigenvalue weighted by atomic mass is 9.89. The van der Waals surface area contributed by atoms with Crippen LogP contribution in [0.5, 0.6) is 0 Å². The fourth-order valence-electron chi connectivity index (χ4n) is 3.23. The number of hydrogen-bond acceptors (Lipinski definition) is 3. The number of carbonyl (C=O) groups excluding carboxylic acids is 1. The summed E-state index contributed by atoms with van der Waals surface area (Å²) in [4.78, 5) is 29.3. The van der Waals surface area contributed by atoms with Crippen molar-refractivity contribution in [2.24, 2.45) is 13.0 Å². The first-order valence-electron chi connectivity index (χ1n) is 6.11. The van der Waals surface area contributed by atoms with Crippen LogP contribution in [0, 0.1) is 5.92 Å². The maximum absolute atomic E-state index is 12.3. The molecule has 0 saturated carbocycles. The van der Waals surface area contributed by atoms with E-state index in [2.05, 4.69) is 4.98 Å². The number of hydrogen-bond donors (Lipinski definition) is 1. The molecule has 0 aromatic carbocycles. The van der Waals surface area contributed by atoms with E-state index in [1.807, 2.05) is 7.05 Å². The second-order valence-electron chi connectivity index (χ2n) is 5.12. The van der Waals surface area contributed by atoms with Crippen LogP contribution in [0.2, 0.25) is 0 Å². The molecule has 2 aliphatic heterocycles. The zero-order chi connectivity index (χ0) is 12.9. The van der Waals surface area contributed by atoms with E-state index >= 15 is 0 Å². The number of aromatic nitrogens is 2. The molecule has 3 atom stereocenters. The van der Waals surface area contributed by atoms with Gasteiger partial charge in [-0.3, -0.25) is 9.59 Å². The lowest BCUT2D eigenvalue weighted by molar-refractivity contribution is -0.142.